The van der Waals surface area contributed by atoms with Crippen molar-refractivity contribution in [1.29, 1.82) is 0 Å². The maximum Gasteiger partial charge on any atom is 0.266 e. The Morgan fingerprint density at radius 2 is 2.19 bits per heavy atom. The molecule has 1 aliphatic rings. The second kappa shape index (κ2) is 8.39. The average Bonchev–Trinajstić information content (AvgIpc) is 3.17. The molecule has 0 unspecified atom stereocenters. The Morgan fingerprint density at radius 3 is 2.89 bits per heavy atom. The third-order valence-corrected chi connectivity index (χ3v) is 6.00. The van der Waals surface area contributed by atoms with Crippen molar-refractivity contribution in [3.63, 3.8) is 0 Å². The number of hydrogen-bond acceptors (Lipinski definition) is 6. The second-order valence-corrected chi connectivity index (χ2v) is 8.40. The fourth-order valence-electron chi connectivity index (χ4n) is 3.60. The Labute approximate surface area is 165 Å². The van der Waals surface area contributed by atoms with E-state index in [1.54, 1.807) is 0 Å². The number of nitrogens with zero attached hydrogens (tertiary/aromatic N) is 5. The van der Waals surface area contributed by atoms with Gasteiger partial charge >= 0.3 is 0 Å². The van der Waals surface area contributed by atoms with Crippen molar-refractivity contribution >= 4 is 22.4 Å². The topological polar surface area (TPSA) is 66.3 Å². The summed E-state index contributed by atoms with van der Waals surface area (Å²) in [6.07, 6.45) is 3.12. The number of carbonyl (C=O) groups excluding carboxylic acids is 1. The van der Waals surface area contributed by atoms with E-state index in [4.69, 9.17) is 5.10 Å². The van der Waals surface area contributed by atoms with E-state index in [1.165, 1.54) is 11.3 Å². The number of thiazole rings is 1. The first-order valence-electron chi connectivity index (χ1n) is 9.60. The van der Waals surface area contributed by atoms with Crippen LogP contribution in [0.2, 0.25) is 0 Å². The lowest BCUT2D eigenvalue weighted by Crippen LogP contribution is -2.38. The molecule has 3 rings (SSSR count). The van der Waals surface area contributed by atoms with Gasteiger partial charge in [-0.15, -0.1) is 0 Å². The lowest BCUT2D eigenvalue weighted by Gasteiger charge is -2.34. The van der Waals surface area contributed by atoms with E-state index < -0.39 is 0 Å². The number of anilines is 1. The van der Waals surface area contributed by atoms with Gasteiger partial charge in [-0.05, 0) is 53.3 Å². The molecule has 2 aromatic heterocycles. The molecule has 1 amide bonds. The summed E-state index contributed by atoms with van der Waals surface area (Å²) < 4.78 is 1.94. The van der Waals surface area contributed by atoms with E-state index in [1.807, 2.05) is 30.5 Å². The fraction of sp³-hybridized carbons (Fsp3) is 0.632. The summed E-state index contributed by atoms with van der Waals surface area (Å²) in [5.41, 5.74) is 2.97. The standard InChI is InChI=1S/C19H30N6OS/c1-6-20-19-21-13(2)17(27-19)18(26)25-10-8-7-9-16(25)15-11-14(12-23(3)4)24(5)22-15/h11,16H,6-10,12H2,1-5H3,(H,20,21)/t16-/m1/s1. The molecule has 1 atom stereocenters. The highest BCUT2D eigenvalue weighted by Gasteiger charge is 2.32. The smallest absolute Gasteiger partial charge is 0.266 e. The van der Waals surface area contributed by atoms with E-state index in [9.17, 15) is 4.79 Å². The van der Waals surface area contributed by atoms with Gasteiger partial charge in [-0.2, -0.15) is 5.10 Å². The van der Waals surface area contributed by atoms with Crippen LogP contribution in [0.15, 0.2) is 6.07 Å². The number of aryl methyl sites for hydroxylation is 2. The van der Waals surface area contributed by atoms with Crippen molar-refractivity contribution in [1.82, 2.24) is 24.6 Å². The van der Waals surface area contributed by atoms with E-state index >= 15 is 0 Å². The Morgan fingerprint density at radius 1 is 1.41 bits per heavy atom. The van der Waals surface area contributed by atoms with Gasteiger partial charge in [0.25, 0.3) is 5.91 Å². The number of carbonyl (C=O) groups is 1. The molecule has 0 radical (unpaired) electrons. The maximum atomic E-state index is 13.3. The highest BCUT2D eigenvalue weighted by Crippen LogP contribution is 2.34. The molecule has 1 aliphatic heterocycles. The third-order valence-electron chi connectivity index (χ3n) is 4.90. The Hall–Kier alpha value is -1.93. The summed E-state index contributed by atoms with van der Waals surface area (Å²) in [7, 11) is 6.09. The molecule has 0 bridgehead atoms. The SMILES string of the molecule is CCNc1nc(C)c(C(=O)N2CCCC[C@@H]2c2cc(CN(C)C)n(C)n2)s1. The number of amides is 1. The zero-order valence-corrected chi connectivity index (χ0v) is 17.8. The molecule has 8 heteroatoms. The van der Waals surface area contributed by atoms with Gasteiger partial charge < -0.3 is 15.1 Å². The van der Waals surface area contributed by atoms with Crippen LogP contribution in [0.5, 0.6) is 0 Å². The van der Waals surface area contributed by atoms with Gasteiger partial charge in [0, 0.05) is 26.7 Å². The minimum Gasteiger partial charge on any atom is -0.362 e. The molecule has 7 nitrogen and oxygen atoms in total. The Bertz CT molecular complexity index is 796. The van der Waals surface area contributed by atoms with Crippen LogP contribution in [0, 0.1) is 6.92 Å². The van der Waals surface area contributed by atoms with Crippen LogP contribution in [0.1, 0.15) is 59.0 Å². The van der Waals surface area contributed by atoms with E-state index in [2.05, 4.69) is 35.4 Å². The number of piperidine rings is 1. The zero-order valence-electron chi connectivity index (χ0n) is 16.9. The van der Waals surface area contributed by atoms with Gasteiger partial charge in [0.15, 0.2) is 5.13 Å². The Kier molecular flexibility index (Phi) is 6.16. The Balaban J connectivity index is 1.86. The minimum absolute atomic E-state index is 0.0393. The molecule has 0 aromatic carbocycles. The summed E-state index contributed by atoms with van der Waals surface area (Å²) in [4.78, 5) is 22.7. The van der Waals surface area contributed by atoms with Crippen LogP contribution in [-0.2, 0) is 13.6 Å². The van der Waals surface area contributed by atoms with Crippen LogP contribution in [0.25, 0.3) is 0 Å². The van der Waals surface area contributed by atoms with Crippen LogP contribution in [0.3, 0.4) is 0 Å². The monoisotopic (exact) mass is 390 g/mol. The molecular formula is C19H30N6OS. The van der Waals surface area contributed by atoms with E-state index in [0.29, 0.717) is 0 Å². The maximum absolute atomic E-state index is 13.3. The first-order valence-corrected chi connectivity index (χ1v) is 10.4. The predicted molar refractivity (Wildman–Crippen MR) is 109 cm³/mol. The van der Waals surface area contributed by atoms with Crippen molar-refractivity contribution < 1.29 is 4.79 Å². The lowest BCUT2D eigenvalue weighted by atomic mass is 9.98. The predicted octanol–water partition coefficient (Wildman–Crippen LogP) is 3.05. The highest BCUT2D eigenvalue weighted by molar-refractivity contribution is 7.17. The molecule has 27 heavy (non-hydrogen) atoms. The van der Waals surface area contributed by atoms with Gasteiger partial charge in [-0.1, -0.05) is 11.3 Å². The molecular weight excluding hydrogens is 360 g/mol. The van der Waals surface area contributed by atoms with Gasteiger partial charge in [0.2, 0.25) is 0 Å². The van der Waals surface area contributed by atoms with Crippen molar-refractivity contribution in [2.45, 2.75) is 45.7 Å². The van der Waals surface area contributed by atoms with Gasteiger partial charge in [-0.3, -0.25) is 9.48 Å². The molecule has 3 heterocycles. The van der Waals surface area contributed by atoms with Crippen molar-refractivity contribution in [2.75, 3.05) is 32.5 Å². The molecule has 0 saturated carbocycles. The van der Waals surface area contributed by atoms with Gasteiger partial charge in [0.05, 0.1) is 23.1 Å². The summed E-state index contributed by atoms with van der Waals surface area (Å²) in [5.74, 6) is 0.0821. The second-order valence-electron chi connectivity index (χ2n) is 7.40. The van der Waals surface area contributed by atoms with Crippen LogP contribution in [0.4, 0.5) is 5.13 Å². The summed E-state index contributed by atoms with van der Waals surface area (Å²) >= 11 is 1.45. The zero-order chi connectivity index (χ0) is 19.6. The van der Waals surface area contributed by atoms with Gasteiger partial charge in [0.1, 0.15) is 4.88 Å². The summed E-state index contributed by atoms with van der Waals surface area (Å²) in [6, 6.07) is 2.19. The van der Waals surface area contributed by atoms with Gasteiger partial charge in [-0.25, -0.2) is 4.98 Å². The van der Waals surface area contributed by atoms with E-state index in [0.717, 1.165) is 66.0 Å². The number of hydrogen-bond donors (Lipinski definition) is 1. The summed E-state index contributed by atoms with van der Waals surface area (Å²) in [5, 5.41) is 8.77. The summed E-state index contributed by atoms with van der Waals surface area (Å²) in [6.45, 7) is 6.36. The van der Waals surface area contributed by atoms with Crippen LogP contribution >= 0.6 is 11.3 Å². The minimum atomic E-state index is 0.0393. The van der Waals surface area contributed by atoms with Crippen molar-refractivity contribution in [2.24, 2.45) is 7.05 Å². The number of aromatic nitrogens is 3. The number of likely N-dealkylation sites (tertiary alicyclic amines) is 1. The largest absolute Gasteiger partial charge is 0.362 e. The highest BCUT2D eigenvalue weighted by atomic mass is 32.1. The molecule has 1 saturated heterocycles. The first kappa shape index (κ1) is 19.8. The molecule has 1 fully saturated rings. The first-order chi connectivity index (χ1) is 12.9. The number of rotatable bonds is 6. The van der Waals surface area contributed by atoms with Crippen LogP contribution in [-0.4, -0.2) is 57.7 Å². The number of nitrogens with one attached hydrogen (secondary N) is 1. The third kappa shape index (κ3) is 4.32. The molecule has 2 aromatic rings. The fourth-order valence-corrected chi connectivity index (χ4v) is 4.59. The molecule has 0 aliphatic carbocycles. The average molecular weight is 391 g/mol. The molecule has 0 spiro atoms. The van der Waals surface area contributed by atoms with E-state index in [-0.39, 0.29) is 11.9 Å². The van der Waals surface area contributed by atoms with Crippen molar-refractivity contribution in [3.8, 4) is 0 Å². The normalized spacial score (nSPS) is 17.6. The van der Waals surface area contributed by atoms with Crippen LogP contribution < -0.4 is 5.32 Å². The lowest BCUT2D eigenvalue weighted by molar-refractivity contribution is 0.0609. The quantitative estimate of drug-likeness (QED) is 0.821. The molecule has 1 N–H and O–H groups in total. The van der Waals surface area contributed by atoms with Crippen molar-refractivity contribution in [3.05, 3.63) is 28.0 Å². The molecule has 148 valence electrons.